The third-order valence-electron chi connectivity index (χ3n) is 2.23. The van der Waals surface area contributed by atoms with Gasteiger partial charge in [0.05, 0.1) is 0 Å². The normalized spacial score (nSPS) is 22.1. The van der Waals surface area contributed by atoms with Crippen molar-refractivity contribution < 1.29 is 4.79 Å². The molecule has 0 heterocycles. The second kappa shape index (κ2) is 2.65. The number of rotatable bonds is 1. The van der Waals surface area contributed by atoms with E-state index in [1.165, 1.54) is 5.57 Å². The van der Waals surface area contributed by atoms with E-state index in [0.29, 0.717) is 0 Å². The van der Waals surface area contributed by atoms with Gasteiger partial charge >= 0.3 is 0 Å². The van der Waals surface area contributed by atoms with Crippen LogP contribution < -0.4 is 0 Å². The SMILES string of the molecule is CC1=CCC(C)(C)C(C=O)=C1. The Morgan fingerprint density at radius 3 is 2.64 bits per heavy atom. The van der Waals surface area contributed by atoms with Crippen LogP contribution >= 0.6 is 0 Å². The van der Waals surface area contributed by atoms with Gasteiger partial charge < -0.3 is 0 Å². The third-order valence-corrected chi connectivity index (χ3v) is 2.23. The van der Waals surface area contributed by atoms with Gasteiger partial charge in [-0.3, -0.25) is 4.79 Å². The predicted octanol–water partition coefficient (Wildman–Crippen LogP) is 2.49. The third kappa shape index (κ3) is 1.59. The van der Waals surface area contributed by atoms with Gasteiger partial charge in [0, 0.05) is 0 Å². The molecule has 0 unspecified atom stereocenters. The zero-order valence-electron chi connectivity index (χ0n) is 7.35. The second-order valence-corrected chi connectivity index (χ2v) is 3.75. The molecule has 1 nitrogen and oxygen atoms in total. The summed E-state index contributed by atoms with van der Waals surface area (Å²) in [5.41, 5.74) is 2.16. The summed E-state index contributed by atoms with van der Waals surface area (Å²) in [4.78, 5) is 10.6. The van der Waals surface area contributed by atoms with E-state index in [2.05, 4.69) is 19.9 Å². The molecule has 60 valence electrons. The highest BCUT2D eigenvalue weighted by Gasteiger charge is 2.23. The largest absolute Gasteiger partial charge is 0.298 e. The van der Waals surface area contributed by atoms with Gasteiger partial charge in [0.2, 0.25) is 0 Å². The molecule has 0 aliphatic heterocycles. The van der Waals surface area contributed by atoms with Gasteiger partial charge in [0.15, 0.2) is 0 Å². The van der Waals surface area contributed by atoms with Crippen LogP contribution in [0.1, 0.15) is 27.2 Å². The lowest BCUT2D eigenvalue weighted by Gasteiger charge is -2.26. The molecule has 0 aromatic carbocycles. The lowest BCUT2D eigenvalue weighted by atomic mass is 9.77. The first-order valence-corrected chi connectivity index (χ1v) is 3.90. The number of allylic oxidation sites excluding steroid dienone is 4. The van der Waals surface area contributed by atoms with E-state index >= 15 is 0 Å². The molecule has 1 heteroatoms. The zero-order chi connectivity index (χ0) is 8.48. The summed E-state index contributed by atoms with van der Waals surface area (Å²) in [6.45, 7) is 6.21. The molecular weight excluding hydrogens is 136 g/mol. The quantitative estimate of drug-likeness (QED) is 0.525. The molecule has 0 N–H and O–H groups in total. The highest BCUT2D eigenvalue weighted by molar-refractivity contribution is 5.76. The van der Waals surface area contributed by atoms with Crippen LogP contribution in [0.2, 0.25) is 0 Å². The van der Waals surface area contributed by atoms with Crippen molar-refractivity contribution in [3.63, 3.8) is 0 Å². The fourth-order valence-electron chi connectivity index (χ4n) is 1.23. The van der Waals surface area contributed by atoms with Gasteiger partial charge in [-0.2, -0.15) is 0 Å². The molecule has 11 heavy (non-hydrogen) atoms. The Labute approximate surface area is 67.8 Å². The molecule has 0 amide bonds. The first-order chi connectivity index (χ1) is 5.06. The fourth-order valence-corrected chi connectivity index (χ4v) is 1.23. The summed E-state index contributed by atoms with van der Waals surface area (Å²) in [5.74, 6) is 0. The van der Waals surface area contributed by atoms with Crippen molar-refractivity contribution >= 4 is 6.29 Å². The maximum absolute atomic E-state index is 10.6. The predicted molar refractivity (Wildman–Crippen MR) is 46.3 cm³/mol. The van der Waals surface area contributed by atoms with Gasteiger partial charge in [0.1, 0.15) is 6.29 Å². The molecule has 1 aliphatic carbocycles. The summed E-state index contributed by atoms with van der Waals surface area (Å²) in [7, 11) is 0. The minimum Gasteiger partial charge on any atom is -0.298 e. The monoisotopic (exact) mass is 150 g/mol. The van der Waals surface area contributed by atoms with E-state index in [0.717, 1.165) is 18.3 Å². The van der Waals surface area contributed by atoms with E-state index in [4.69, 9.17) is 0 Å². The Kier molecular flexibility index (Phi) is 1.99. The lowest BCUT2D eigenvalue weighted by molar-refractivity contribution is -0.105. The molecule has 0 saturated carbocycles. The Hall–Kier alpha value is -0.850. The van der Waals surface area contributed by atoms with Gasteiger partial charge in [-0.15, -0.1) is 0 Å². The maximum Gasteiger partial charge on any atom is 0.146 e. The van der Waals surface area contributed by atoms with Gasteiger partial charge in [-0.25, -0.2) is 0 Å². The molecule has 0 saturated heterocycles. The average Bonchev–Trinajstić information content (AvgIpc) is 1.94. The molecular formula is C10H14O. The van der Waals surface area contributed by atoms with Crippen LogP contribution in [0.25, 0.3) is 0 Å². The van der Waals surface area contributed by atoms with Crippen LogP contribution in [0.4, 0.5) is 0 Å². The van der Waals surface area contributed by atoms with E-state index in [1.54, 1.807) is 0 Å². The van der Waals surface area contributed by atoms with Crippen LogP contribution in [0.15, 0.2) is 23.3 Å². The minimum absolute atomic E-state index is 0.0429. The van der Waals surface area contributed by atoms with Crippen LogP contribution in [0.5, 0.6) is 0 Å². The van der Waals surface area contributed by atoms with Crippen LogP contribution in [-0.4, -0.2) is 6.29 Å². The Morgan fingerprint density at radius 1 is 1.55 bits per heavy atom. The standard InChI is InChI=1S/C10H14O/c1-8-4-5-10(2,3)9(6-8)7-11/h4,6-7H,5H2,1-3H3. The molecule has 0 aromatic rings. The van der Waals surface area contributed by atoms with Crippen molar-refractivity contribution in [2.75, 3.05) is 0 Å². The smallest absolute Gasteiger partial charge is 0.146 e. The first kappa shape index (κ1) is 8.25. The van der Waals surface area contributed by atoms with Gasteiger partial charge in [-0.1, -0.05) is 31.6 Å². The number of aldehydes is 1. The number of hydrogen-bond acceptors (Lipinski definition) is 1. The van der Waals surface area contributed by atoms with Gasteiger partial charge in [0.25, 0.3) is 0 Å². The summed E-state index contributed by atoms with van der Waals surface area (Å²) >= 11 is 0. The number of hydrogen-bond donors (Lipinski definition) is 0. The van der Waals surface area contributed by atoms with E-state index in [-0.39, 0.29) is 5.41 Å². The molecule has 1 rings (SSSR count). The highest BCUT2D eigenvalue weighted by Crippen LogP contribution is 2.33. The van der Waals surface area contributed by atoms with Crippen LogP contribution in [0.3, 0.4) is 0 Å². The molecule has 0 bridgehead atoms. The summed E-state index contributed by atoms with van der Waals surface area (Å²) in [6.07, 6.45) is 6.09. The van der Waals surface area contributed by atoms with Crippen LogP contribution in [-0.2, 0) is 4.79 Å². The van der Waals surface area contributed by atoms with E-state index in [1.807, 2.05) is 13.0 Å². The number of carbonyl (C=O) groups excluding carboxylic acids is 1. The van der Waals surface area contributed by atoms with Crippen molar-refractivity contribution in [1.82, 2.24) is 0 Å². The molecule has 0 atom stereocenters. The zero-order valence-corrected chi connectivity index (χ0v) is 7.35. The minimum atomic E-state index is 0.0429. The topological polar surface area (TPSA) is 17.1 Å². The molecule has 0 spiro atoms. The van der Waals surface area contributed by atoms with Crippen LogP contribution in [0, 0.1) is 5.41 Å². The Balaban J connectivity index is 2.98. The van der Waals surface area contributed by atoms with Crippen molar-refractivity contribution in [3.05, 3.63) is 23.3 Å². The average molecular weight is 150 g/mol. The van der Waals surface area contributed by atoms with E-state index < -0.39 is 0 Å². The molecule has 0 radical (unpaired) electrons. The van der Waals surface area contributed by atoms with Crippen molar-refractivity contribution in [1.29, 1.82) is 0 Å². The van der Waals surface area contributed by atoms with Crippen molar-refractivity contribution in [2.24, 2.45) is 5.41 Å². The molecule has 1 aliphatic rings. The highest BCUT2D eigenvalue weighted by atomic mass is 16.1. The van der Waals surface area contributed by atoms with Gasteiger partial charge in [-0.05, 0) is 24.3 Å². The molecule has 0 aromatic heterocycles. The summed E-state index contributed by atoms with van der Waals surface area (Å²) < 4.78 is 0. The van der Waals surface area contributed by atoms with Crippen molar-refractivity contribution in [3.8, 4) is 0 Å². The first-order valence-electron chi connectivity index (χ1n) is 3.90. The maximum atomic E-state index is 10.6. The molecule has 0 fully saturated rings. The second-order valence-electron chi connectivity index (χ2n) is 3.75. The Bertz CT molecular complexity index is 231. The lowest BCUT2D eigenvalue weighted by Crippen LogP contribution is -2.17. The Morgan fingerprint density at radius 2 is 2.18 bits per heavy atom. The summed E-state index contributed by atoms with van der Waals surface area (Å²) in [5, 5.41) is 0. The fraction of sp³-hybridized carbons (Fsp3) is 0.500. The number of carbonyl (C=O) groups is 1. The van der Waals surface area contributed by atoms with Crippen molar-refractivity contribution in [2.45, 2.75) is 27.2 Å². The summed E-state index contributed by atoms with van der Waals surface area (Å²) in [6, 6.07) is 0. The van der Waals surface area contributed by atoms with E-state index in [9.17, 15) is 4.79 Å².